The maximum Gasteiger partial charge on any atom is 0.191 e. The molecule has 8 heteroatoms. The monoisotopic (exact) mass is 431 g/mol. The number of carbonyl (C=O) groups excluding carboxylic acids is 1. The van der Waals surface area contributed by atoms with Gasteiger partial charge in [-0.15, -0.1) is 10.2 Å². The molecule has 2 heterocycles. The van der Waals surface area contributed by atoms with Gasteiger partial charge in [-0.2, -0.15) is 5.26 Å². The second-order valence-electron chi connectivity index (χ2n) is 6.94. The van der Waals surface area contributed by atoms with E-state index in [1.165, 1.54) is 11.8 Å². The number of hydrogen-bond donors (Lipinski definition) is 0. The lowest BCUT2D eigenvalue weighted by atomic mass is 10.1. The molecule has 2 aromatic heterocycles. The van der Waals surface area contributed by atoms with E-state index >= 15 is 0 Å². The maximum absolute atomic E-state index is 13.0. The van der Waals surface area contributed by atoms with Gasteiger partial charge in [-0.25, -0.2) is 0 Å². The molecular formula is C23H21N5O2S. The number of ether oxygens (including phenoxy) is 1. The molecule has 4 rings (SSSR count). The Morgan fingerprint density at radius 2 is 1.94 bits per heavy atom. The lowest BCUT2D eigenvalue weighted by molar-refractivity contribution is 0.102. The van der Waals surface area contributed by atoms with Gasteiger partial charge in [0.1, 0.15) is 5.75 Å². The number of methoxy groups -OCH3 is 1. The molecule has 0 N–H and O–H groups in total. The van der Waals surface area contributed by atoms with Crippen LogP contribution in [-0.4, -0.2) is 38.0 Å². The molecular weight excluding hydrogens is 410 g/mol. The first-order valence-corrected chi connectivity index (χ1v) is 10.8. The molecule has 156 valence electrons. The lowest BCUT2D eigenvalue weighted by Gasteiger charge is -2.08. The van der Waals surface area contributed by atoms with E-state index in [1.54, 1.807) is 7.11 Å². The predicted octanol–water partition coefficient (Wildman–Crippen LogP) is 4.33. The minimum atomic E-state index is 0.0127. The van der Waals surface area contributed by atoms with E-state index in [0.717, 1.165) is 22.2 Å². The van der Waals surface area contributed by atoms with E-state index in [1.807, 2.05) is 70.9 Å². The van der Waals surface area contributed by atoms with Crippen molar-refractivity contribution in [2.24, 2.45) is 7.05 Å². The number of aryl methyl sites for hydroxylation is 1. The van der Waals surface area contributed by atoms with Crippen LogP contribution in [0.5, 0.6) is 5.75 Å². The van der Waals surface area contributed by atoms with Crippen LogP contribution in [0.15, 0.2) is 59.9 Å². The summed E-state index contributed by atoms with van der Waals surface area (Å²) in [6, 6.07) is 17.6. The van der Waals surface area contributed by atoms with Crippen molar-refractivity contribution in [3.8, 4) is 23.2 Å². The molecule has 0 atom stereocenters. The van der Waals surface area contributed by atoms with Gasteiger partial charge in [0, 0.05) is 36.3 Å². The van der Waals surface area contributed by atoms with Gasteiger partial charge in [0.2, 0.25) is 0 Å². The number of Topliss-reactive ketones (excluding diaryl/α,β-unsaturated/α-hetero) is 1. The van der Waals surface area contributed by atoms with Crippen LogP contribution in [-0.2, 0) is 13.6 Å². The van der Waals surface area contributed by atoms with Crippen molar-refractivity contribution in [1.82, 2.24) is 19.3 Å². The molecule has 0 spiro atoms. The fraction of sp³-hybridized carbons (Fsp3) is 0.217. The van der Waals surface area contributed by atoms with Gasteiger partial charge in [0.05, 0.1) is 30.9 Å². The second-order valence-corrected chi connectivity index (χ2v) is 7.88. The zero-order valence-corrected chi connectivity index (χ0v) is 18.1. The van der Waals surface area contributed by atoms with E-state index in [0.29, 0.717) is 29.5 Å². The van der Waals surface area contributed by atoms with Crippen LogP contribution < -0.4 is 4.74 Å². The molecule has 0 unspecified atom stereocenters. The lowest BCUT2D eigenvalue weighted by Crippen LogP contribution is -2.04. The molecule has 0 bridgehead atoms. The van der Waals surface area contributed by atoms with E-state index in [9.17, 15) is 4.79 Å². The average Bonchev–Trinajstić information content (AvgIpc) is 3.36. The Morgan fingerprint density at radius 1 is 1.16 bits per heavy atom. The molecule has 0 saturated carbocycles. The van der Waals surface area contributed by atoms with Crippen LogP contribution in [0.25, 0.3) is 22.3 Å². The quantitative estimate of drug-likeness (QED) is 0.305. The SMILES string of the molecule is COc1ccccc1-c1nnc(SCC(=O)c2cn(CCC#N)c3ccccc23)n1C. The van der Waals surface area contributed by atoms with Crippen molar-refractivity contribution in [3.05, 3.63) is 60.3 Å². The zero-order valence-electron chi connectivity index (χ0n) is 17.3. The highest BCUT2D eigenvalue weighted by atomic mass is 32.2. The predicted molar refractivity (Wildman–Crippen MR) is 120 cm³/mol. The zero-order chi connectivity index (χ0) is 21.8. The summed E-state index contributed by atoms with van der Waals surface area (Å²) in [5, 5.41) is 19.0. The second kappa shape index (κ2) is 9.06. The number of nitriles is 1. The van der Waals surface area contributed by atoms with E-state index in [2.05, 4.69) is 16.3 Å². The number of para-hydroxylation sites is 2. The first-order chi connectivity index (χ1) is 15.1. The number of ketones is 1. The third-order valence-electron chi connectivity index (χ3n) is 5.07. The Labute approximate surface area is 184 Å². The Balaban J connectivity index is 1.55. The summed E-state index contributed by atoms with van der Waals surface area (Å²) in [6.07, 6.45) is 2.24. The number of rotatable bonds is 8. The fourth-order valence-corrected chi connectivity index (χ4v) is 4.33. The van der Waals surface area contributed by atoms with Crippen LogP contribution in [0.4, 0.5) is 0 Å². The highest BCUT2D eigenvalue weighted by Crippen LogP contribution is 2.30. The summed E-state index contributed by atoms with van der Waals surface area (Å²) in [5.41, 5.74) is 2.47. The molecule has 0 radical (unpaired) electrons. The Bertz CT molecular complexity index is 1280. The summed E-state index contributed by atoms with van der Waals surface area (Å²) in [4.78, 5) is 13.0. The topological polar surface area (TPSA) is 85.7 Å². The Kier molecular flexibility index (Phi) is 6.05. The fourth-order valence-electron chi connectivity index (χ4n) is 3.54. The van der Waals surface area contributed by atoms with Gasteiger partial charge in [-0.3, -0.25) is 4.79 Å². The van der Waals surface area contributed by atoms with E-state index in [4.69, 9.17) is 10.00 Å². The summed E-state index contributed by atoms with van der Waals surface area (Å²) >= 11 is 1.35. The standard InChI is InChI=1S/C23H21N5O2S/c1-27-22(17-9-4-6-11-21(17)30-2)25-26-23(27)31-15-20(29)18-14-28(13-7-12-24)19-10-5-3-8-16(18)19/h3-6,8-11,14H,7,13,15H2,1-2H3. The number of fused-ring (bicyclic) bond motifs is 1. The molecule has 0 amide bonds. The first-order valence-electron chi connectivity index (χ1n) is 9.77. The first kappa shape index (κ1) is 20.7. The van der Waals surface area contributed by atoms with Crippen LogP contribution in [0.3, 0.4) is 0 Å². The smallest absolute Gasteiger partial charge is 0.191 e. The number of benzene rings is 2. The van der Waals surface area contributed by atoms with Crippen molar-refractivity contribution in [2.75, 3.05) is 12.9 Å². The van der Waals surface area contributed by atoms with E-state index < -0.39 is 0 Å². The molecule has 7 nitrogen and oxygen atoms in total. The van der Waals surface area contributed by atoms with Crippen LogP contribution in [0.1, 0.15) is 16.8 Å². The number of thioether (sulfide) groups is 1. The Morgan fingerprint density at radius 3 is 2.74 bits per heavy atom. The molecule has 0 aliphatic carbocycles. The molecule has 0 aliphatic rings. The van der Waals surface area contributed by atoms with E-state index in [-0.39, 0.29) is 11.5 Å². The van der Waals surface area contributed by atoms with Crippen LogP contribution in [0.2, 0.25) is 0 Å². The average molecular weight is 432 g/mol. The number of nitrogens with zero attached hydrogens (tertiary/aromatic N) is 5. The third kappa shape index (κ3) is 4.05. The van der Waals surface area contributed by atoms with Crippen molar-refractivity contribution in [1.29, 1.82) is 5.26 Å². The van der Waals surface area contributed by atoms with Gasteiger partial charge in [0.15, 0.2) is 16.8 Å². The summed E-state index contributed by atoms with van der Waals surface area (Å²) in [6.45, 7) is 0.559. The van der Waals surface area contributed by atoms with Crippen molar-refractivity contribution in [2.45, 2.75) is 18.1 Å². The number of carbonyl (C=O) groups is 1. The van der Waals surface area contributed by atoms with Gasteiger partial charge < -0.3 is 13.9 Å². The van der Waals surface area contributed by atoms with Crippen LogP contribution >= 0.6 is 11.8 Å². The molecule has 0 saturated heterocycles. The van der Waals surface area contributed by atoms with Crippen molar-refractivity contribution < 1.29 is 9.53 Å². The highest BCUT2D eigenvalue weighted by molar-refractivity contribution is 7.99. The van der Waals surface area contributed by atoms with Crippen molar-refractivity contribution >= 4 is 28.4 Å². The largest absolute Gasteiger partial charge is 0.496 e. The number of hydrogen-bond acceptors (Lipinski definition) is 6. The molecule has 0 fully saturated rings. The summed E-state index contributed by atoms with van der Waals surface area (Å²) in [7, 11) is 3.50. The minimum Gasteiger partial charge on any atom is -0.496 e. The molecule has 0 aliphatic heterocycles. The summed E-state index contributed by atoms with van der Waals surface area (Å²) < 4.78 is 9.26. The van der Waals surface area contributed by atoms with Gasteiger partial charge in [-0.05, 0) is 18.2 Å². The van der Waals surface area contributed by atoms with Gasteiger partial charge >= 0.3 is 0 Å². The van der Waals surface area contributed by atoms with Gasteiger partial charge in [-0.1, -0.05) is 42.1 Å². The minimum absolute atomic E-state index is 0.0127. The highest BCUT2D eigenvalue weighted by Gasteiger charge is 2.18. The molecule has 31 heavy (non-hydrogen) atoms. The normalized spacial score (nSPS) is 10.9. The summed E-state index contributed by atoms with van der Waals surface area (Å²) in [5.74, 6) is 1.65. The molecule has 2 aromatic carbocycles. The van der Waals surface area contributed by atoms with Gasteiger partial charge in [0.25, 0.3) is 0 Å². The number of aromatic nitrogens is 4. The molecule has 4 aromatic rings. The Hall–Kier alpha value is -3.57. The van der Waals surface area contributed by atoms with Crippen molar-refractivity contribution in [3.63, 3.8) is 0 Å². The third-order valence-corrected chi connectivity index (χ3v) is 6.09. The van der Waals surface area contributed by atoms with Crippen LogP contribution in [0, 0.1) is 11.3 Å². The maximum atomic E-state index is 13.0.